The largest absolute Gasteiger partial charge is 0.497 e. The molecule has 0 amide bonds. The Morgan fingerprint density at radius 1 is 0.882 bits per heavy atom. The zero-order chi connectivity index (χ0) is 12.3. The van der Waals surface area contributed by atoms with Gasteiger partial charge in [0.1, 0.15) is 5.75 Å². The van der Waals surface area contributed by atoms with Gasteiger partial charge in [0.05, 0.1) is 7.11 Å². The monoisotopic (exact) mass is 265 g/mol. The summed E-state index contributed by atoms with van der Waals surface area (Å²) in [5.74, 6) is 0.839. The molecule has 0 aliphatic heterocycles. The van der Waals surface area contributed by atoms with Crippen molar-refractivity contribution >= 4 is 23.2 Å². The Hall–Kier alpha value is -1.18. The summed E-state index contributed by atoms with van der Waals surface area (Å²) in [6.45, 7) is 0. The molecule has 0 unspecified atom stereocenters. The molecular formula is C14H11Cl2O. The standard InChI is InChI=1S/C14H11Cl2O/c1-17-14-4-2-10(3-5-14)6-11-7-12(15)9-13(16)8-11/h2-9H,1H3. The molecule has 87 valence electrons. The Bertz CT molecular complexity index is 486. The SMILES string of the molecule is COc1ccc([CH]c2cc(Cl)cc(Cl)c2)cc1. The van der Waals surface area contributed by atoms with Gasteiger partial charge in [-0.1, -0.05) is 35.3 Å². The van der Waals surface area contributed by atoms with Gasteiger partial charge in [0.25, 0.3) is 0 Å². The second kappa shape index (κ2) is 5.44. The second-order valence-electron chi connectivity index (χ2n) is 3.62. The van der Waals surface area contributed by atoms with Crippen molar-refractivity contribution in [3.63, 3.8) is 0 Å². The smallest absolute Gasteiger partial charge is 0.118 e. The fourth-order valence-corrected chi connectivity index (χ4v) is 2.09. The van der Waals surface area contributed by atoms with E-state index in [1.807, 2.05) is 42.8 Å². The van der Waals surface area contributed by atoms with E-state index < -0.39 is 0 Å². The van der Waals surface area contributed by atoms with Crippen LogP contribution in [0, 0.1) is 6.42 Å². The van der Waals surface area contributed by atoms with Gasteiger partial charge >= 0.3 is 0 Å². The van der Waals surface area contributed by atoms with Crippen LogP contribution in [0.4, 0.5) is 0 Å². The van der Waals surface area contributed by atoms with Gasteiger partial charge in [-0.2, -0.15) is 0 Å². The molecule has 0 heterocycles. The van der Waals surface area contributed by atoms with Crippen molar-refractivity contribution in [3.05, 3.63) is 70.1 Å². The summed E-state index contributed by atoms with van der Waals surface area (Å²) < 4.78 is 5.10. The first-order valence-corrected chi connectivity index (χ1v) is 5.88. The average molecular weight is 266 g/mol. The molecule has 0 aliphatic carbocycles. The van der Waals surface area contributed by atoms with Crippen molar-refractivity contribution in [2.75, 3.05) is 7.11 Å². The molecule has 0 saturated carbocycles. The Labute approximate surface area is 111 Å². The molecule has 2 rings (SSSR count). The second-order valence-corrected chi connectivity index (χ2v) is 4.49. The van der Waals surface area contributed by atoms with Gasteiger partial charge in [0.2, 0.25) is 0 Å². The zero-order valence-electron chi connectivity index (χ0n) is 9.28. The molecule has 3 heteroatoms. The first-order chi connectivity index (χ1) is 8.17. The van der Waals surface area contributed by atoms with Crippen molar-refractivity contribution in [2.45, 2.75) is 0 Å². The van der Waals surface area contributed by atoms with E-state index in [-0.39, 0.29) is 0 Å². The summed E-state index contributed by atoms with van der Waals surface area (Å²) in [5, 5.41) is 1.27. The highest BCUT2D eigenvalue weighted by molar-refractivity contribution is 6.34. The molecule has 0 aliphatic rings. The molecule has 1 radical (unpaired) electrons. The van der Waals surface area contributed by atoms with E-state index in [1.165, 1.54) is 0 Å². The normalized spacial score (nSPS) is 10.3. The molecule has 17 heavy (non-hydrogen) atoms. The highest BCUT2D eigenvalue weighted by Gasteiger charge is 2.01. The van der Waals surface area contributed by atoms with E-state index in [0.717, 1.165) is 16.9 Å². The van der Waals surface area contributed by atoms with Gasteiger partial charge in [-0.3, -0.25) is 0 Å². The van der Waals surface area contributed by atoms with Crippen molar-refractivity contribution < 1.29 is 4.74 Å². The molecule has 0 aromatic heterocycles. The predicted molar refractivity (Wildman–Crippen MR) is 72.0 cm³/mol. The lowest BCUT2D eigenvalue weighted by molar-refractivity contribution is 0.414. The molecule has 0 N–H and O–H groups in total. The van der Waals surface area contributed by atoms with E-state index >= 15 is 0 Å². The minimum absolute atomic E-state index is 0.636. The van der Waals surface area contributed by atoms with Crippen molar-refractivity contribution in [2.24, 2.45) is 0 Å². The van der Waals surface area contributed by atoms with Crippen molar-refractivity contribution in [1.82, 2.24) is 0 Å². The van der Waals surface area contributed by atoms with Crippen LogP contribution in [0.5, 0.6) is 5.75 Å². The fourth-order valence-electron chi connectivity index (χ4n) is 1.55. The lowest BCUT2D eigenvalue weighted by Crippen LogP contribution is -1.87. The molecule has 2 aromatic carbocycles. The Morgan fingerprint density at radius 2 is 1.47 bits per heavy atom. The van der Waals surface area contributed by atoms with E-state index in [1.54, 1.807) is 13.2 Å². The average Bonchev–Trinajstić information content (AvgIpc) is 2.28. The van der Waals surface area contributed by atoms with Gasteiger partial charge in [-0.25, -0.2) is 0 Å². The fraction of sp³-hybridized carbons (Fsp3) is 0.0714. The van der Waals surface area contributed by atoms with E-state index in [0.29, 0.717) is 10.0 Å². The van der Waals surface area contributed by atoms with Gasteiger partial charge in [0, 0.05) is 16.5 Å². The number of rotatable bonds is 3. The van der Waals surface area contributed by atoms with Crippen LogP contribution in [0.15, 0.2) is 42.5 Å². The number of halogens is 2. The Kier molecular flexibility index (Phi) is 3.93. The summed E-state index contributed by atoms with van der Waals surface area (Å²) in [6, 6.07) is 13.3. The first-order valence-electron chi connectivity index (χ1n) is 5.12. The maximum Gasteiger partial charge on any atom is 0.118 e. The van der Waals surface area contributed by atoms with Crippen LogP contribution in [0.3, 0.4) is 0 Å². The molecule has 0 atom stereocenters. The molecular weight excluding hydrogens is 255 g/mol. The third kappa shape index (κ3) is 3.39. The molecule has 0 saturated heterocycles. The minimum atomic E-state index is 0.636. The van der Waals surface area contributed by atoms with E-state index in [9.17, 15) is 0 Å². The molecule has 0 spiro atoms. The van der Waals surface area contributed by atoms with Crippen LogP contribution < -0.4 is 4.74 Å². The van der Waals surface area contributed by atoms with E-state index in [4.69, 9.17) is 27.9 Å². The van der Waals surface area contributed by atoms with Crippen LogP contribution in [0.2, 0.25) is 10.0 Å². The number of benzene rings is 2. The number of methoxy groups -OCH3 is 1. The van der Waals surface area contributed by atoms with Crippen molar-refractivity contribution in [3.8, 4) is 5.75 Å². The third-order valence-corrected chi connectivity index (χ3v) is 2.77. The zero-order valence-corrected chi connectivity index (χ0v) is 10.8. The minimum Gasteiger partial charge on any atom is -0.497 e. The lowest BCUT2D eigenvalue weighted by Gasteiger charge is -2.04. The highest BCUT2D eigenvalue weighted by atomic mass is 35.5. The topological polar surface area (TPSA) is 9.23 Å². The summed E-state index contributed by atoms with van der Waals surface area (Å²) in [4.78, 5) is 0. The number of ether oxygens (including phenoxy) is 1. The molecule has 0 fully saturated rings. The third-order valence-electron chi connectivity index (χ3n) is 2.33. The maximum absolute atomic E-state index is 5.94. The summed E-state index contributed by atoms with van der Waals surface area (Å²) in [7, 11) is 1.65. The molecule has 0 bridgehead atoms. The summed E-state index contributed by atoms with van der Waals surface area (Å²) in [5.41, 5.74) is 2.05. The van der Waals surface area contributed by atoms with Crippen LogP contribution in [-0.2, 0) is 0 Å². The first kappa shape index (κ1) is 12.3. The van der Waals surface area contributed by atoms with Crippen LogP contribution in [-0.4, -0.2) is 7.11 Å². The molecule has 1 nitrogen and oxygen atoms in total. The Balaban J connectivity index is 2.19. The highest BCUT2D eigenvalue weighted by Crippen LogP contribution is 2.23. The van der Waals surface area contributed by atoms with Crippen LogP contribution in [0.1, 0.15) is 11.1 Å². The number of hydrogen-bond acceptors (Lipinski definition) is 1. The summed E-state index contributed by atoms with van der Waals surface area (Å²) >= 11 is 11.9. The van der Waals surface area contributed by atoms with Crippen LogP contribution >= 0.6 is 23.2 Å². The lowest BCUT2D eigenvalue weighted by atomic mass is 10.1. The van der Waals surface area contributed by atoms with Crippen molar-refractivity contribution in [1.29, 1.82) is 0 Å². The quantitative estimate of drug-likeness (QED) is 0.788. The Morgan fingerprint density at radius 3 is 2.00 bits per heavy atom. The van der Waals surface area contributed by atoms with E-state index in [2.05, 4.69) is 0 Å². The van der Waals surface area contributed by atoms with Gasteiger partial charge in [-0.05, 0) is 41.5 Å². The van der Waals surface area contributed by atoms with Crippen LogP contribution in [0.25, 0.3) is 0 Å². The van der Waals surface area contributed by atoms with Gasteiger partial charge in [0.15, 0.2) is 0 Å². The van der Waals surface area contributed by atoms with Gasteiger partial charge in [-0.15, -0.1) is 0 Å². The number of hydrogen-bond donors (Lipinski definition) is 0. The summed E-state index contributed by atoms with van der Waals surface area (Å²) in [6.07, 6.45) is 2.01. The predicted octanol–water partition coefficient (Wildman–Crippen LogP) is 4.60. The van der Waals surface area contributed by atoms with Gasteiger partial charge < -0.3 is 4.74 Å². The molecule has 2 aromatic rings. The maximum atomic E-state index is 5.94.